The van der Waals surface area contributed by atoms with Crippen LogP contribution in [0.1, 0.15) is 11.3 Å². The molecule has 1 fully saturated rings. The molecule has 0 radical (unpaired) electrons. The van der Waals surface area contributed by atoms with Crippen LogP contribution in [-0.2, 0) is 6.18 Å². The summed E-state index contributed by atoms with van der Waals surface area (Å²) in [6.07, 6.45) is -3.91. The van der Waals surface area contributed by atoms with Crippen molar-refractivity contribution < 1.29 is 22.8 Å². The molecule has 5 nitrogen and oxygen atoms in total. The second-order valence-corrected chi connectivity index (χ2v) is 6.33. The third-order valence-electron chi connectivity index (χ3n) is 4.25. The van der Waals surface area contributed by atoms with Gasteiger partial charge in [-0.3, -0.25) is 4.98 Å². The predicted octanol–water partition coefficient (Wildman–Crippen LogP) is 3.85. The number of hydrogen-bond donors (Lipinski definition) is 1. The number of benzene rings is 1. The topological polar surface area (TPSA) is 52.0 Å². The Morgan fingerprint density at radius 1 is 1.11 bits per heavy atom. The van der Waals surface area contributed by atoms with E-state index in [1.165, 1.54) is 12.1 Å². The molecule has 10 heteroatoms. The van der Waals surface area contributed by atoms with Crippen molar-refractivity contribution in [1.29, 1.82) is 0 Å². The van der Waals surface area contributed by atoms with Gasteiger partial charge in [0.15, 0.2) is 5.84 Å². The Hall–Kier alpha value is -2.55. The third kappa shape index (κ3) is 4.24. The highest BCUT2D eigenvalue weighted by molar-refractivity contribution is 6.33. The van der Waals surface area contributed by atoms with Crippen molar-refractivity contribution in [3.05, 3.63) is 58.6 Å². The van der Waals surface area contributed by atoms with Gasteiger partial charge >= 0.3 is 6.18 Å². The lowest BCUT2D eigenvalue weighted by Crippen LogP contribution is -2.49. The molecule has 1 saturated heterocycles. The van der Waals surface area contributed by atoms with E-state index in [9.17, 15) is 22.8 Å². The minimum atomic E-state index is -4.56. The second-order valence-electron chi connectivity index (χ2n) is 5.93. The van der Waals surface area contributed by atoms with Crippen molar-refractivity contribution in [3.8, 4) is 0 Å². The van der Waals surface area contributed by atoms with E-state index in [1.807, 2.05) is 4.90 Å². The molecule has 0 spiro atoms. The molecule has 0 bridgehead atoms. The molecule has 2 heterocycles. The second kappa shape index (κ2) is 7.59. The highest BCUT2D eigenvalue weighted by Gasteiger charge is 2.32. The van der Waals surface area contributed by atoms with Gasteiger partial charge in [0, 0.05) is 38.1 Å². The van der Waals surface area contributed by atoms with Crippen molar-refractivity contribution in [2.45, 2.75) is 6.18 Å². The van der Waals surface area contributed by atoms with Crippen LogP contribution in [0.25, 0.3) is 0 Å². The van der Waals surface area contributed by atoms with Gasteiger partial charge in [-0.05, 0) is 30.3 Å². The van der Waals surface area contributed by atoms with Gasteiger partial charge in [0.1, 0.15) is 11.5 Å². The molecule has 0 atom stereocenters. The molecule has 27 heavy (non-hydrogen) atoms. The number of nitrogens with zero attached hydrogens (tertiary/aromatic N) is 4. The Morgan fingerprint density at radius 2 is 1.74 bits per heavy atom. The van der Waals surface area contributed by atoms with Gasteiger partial charge in [-0.2, -0.15) is 13.2 Å². The van der Waals surface area contributed by atoms with Crippen molar-refractivity contribution in [3.63, 3.8) is 0 Å². The first-order valence-corrected chi connectivity index (χ1v) is 8.38. The quantitative estimate of drug-likeness (QED) is 0.272. The standard InChI is InChI=1S/C17H15ClF4N4O/c18-14-9-11(17(20,21)22)10-23-15(14)16(24-27)26-7-5-25(6-8-26)13-3-1-12(19)2-4-13/h1-4,9-10,27H,5-8H2. The van der Waals surface area contributed by atoms with E-state index in [4.69, 9.17) is 11.6 Å². The van der Waals surface area contributed by atoms with Crippen LogP contribution in [0, 0.1) is 5.82 Å². The van der Waals surface area contributed by atoms with Gasteiger partial charge in [-0.1, -0.05) is 16.8 Å². The van der Waals surface area contributed by atoms with E-state index in [2.05, 4.69) is 10.1 Å². The number of rotatable bonds is 2. The minimum absolute atomic E-state index is 0.00693. The van der Waals surface area contributed by atoms with Crippen molar-refractivity contribution >= 4 is 23.1 Å². The summed E-state index contributed by atoms with van der Waals surface area (Å²) in [6.45, 7) is 1.94. The Kier molecular flexibility index (Phi) is 5.41. The normalized spacial score (nSPS) is 16.0. The van der Waals surface area contributed by atoms with E-state index in [-0.39, 0.29) is 22.4 Å². The predicted molar refractivity (Wildman–Crippen MR) is 92.8 cm³/mol. The number of amidine groups is 1. The molecular formula is C17H15ClF4N4O. The van der Waals surface area contributed by atoms with Gasteiger partial charge in [0.25, 0.3) is 0 Å². The van der Waals surface area contributed by atoms with E-state index in [0.717, 1.165) is 11.8 Å². The van der Waals surface area contributed by atoms with Crippen LogP contribution in [-0.4, -0.2) is 47.1 Å². The summed E-state index contributed by atoms with van der Waals surface area (Å²) in [7, 11) is 0. The van der Waals surface area contributed by atoms with Gasteiger partial charge in [0.2, 0.25) is 0 Å². The fourth-order valence-corrected chi connectivity index (χ4v) is 3.10. The third-order valence-corrected chi connectivity index (χ3v) is 4.53. The van der Waals surface area contributed by atoms with Gasteiger partial charge < -0.3 is 15.0 Å². The molecule has 1 aromatic carbocycles. The molecule has 0 unspecified atom stereocenters. The number of aromatic nitrogens is 1. The van der Waals surface area contributed by atoms with Crippen LogP contribution >= 0.6 is 11.6 Å². The number of piperazine rings is 1. The minimum Gasteiger partial charge on any atom is -0.409 e. The van der Waals surface area contributed by atoms with Gasteiger partial charge in [-0.25, -0.2) is 4.39 Å². The van der Waals surface area contributed by atoms with Crippen LogP contribution in [0.3, 0.4) is 0 Å². The van der Waals surface area contributed by atoms with Crippen LogP contribution in [0.4, 0.5) is 23.2 Å². The number of hydrogen-bond acceptors (Lipinski definition) is 4. The molecule has 1 aliphatic rings. The Balaban J connectivity index is 1.73. The fourth-order valence-electron chi connectivity index (χ4n) is 2.85. The number of anilines is 1. The molecule has 1 aromatic heterocycles. The van der Waals surface area contributed by atoms with Crippen molar-refractivity contribution in [2.75, 3.05) is 31.1 Å². The molecule has 0 saturated carbocycles. The lowest BCUT2D eigenvalue weighted by molar-refractivity contribution is -0.137. The first-order chi connectivity index (χ1) is 12.8. The summed E-state index contributed by atoms with van der Waals surface area (Å²) in [5.74, 6) is -0.317. The van der Waals surface area contributed by atoms with E-state index < -0.39 is 11.7 Å². The monoisotopic (exact) mass is 402 g/mol. The maximum absolute atomic E-state index is 13.0. The highest BCUT2D eigenvalue weighted by atomic mass is 35.5. The zero-order valence-corrected chi connectivity index (χ0v) is 14.7. The SMILES string of the molecule is ON=C(c1ncc(C(F)(F)F)cc1Cl)N1CCN(c2ccc(F)cc2)CC1. The number of oxime groups is 1. The summed E-state index contributed by atoms with van der Waals surface area (Å²) >= 11 is 5.94. The average molecular weight is 403 g/mol. The Morgan fingerprint density at radius 3 is 2.26 bits per heavy atom. The lowest BCUT2D eigenvalue weighted by atomic mass is 10.2. The summed E-state index contributed by atoms with van der Waals surface area (Å²) in [6, 6.07) is 6.83. The zero-order valence-electron chi connectivity index (χ0n) is 13.9. The molecule has 0 amide bonds. The number of pyridine rings is 1. The largest absolute Gasteiger partial charge is 0.417 e. The van der Waals surface area contributed by atoms with E-state index in [1.54, 1.807) is 17.0 Å². The summed E-state index contributed by atoms with van der Waals surface area (Å²) in [5, 5.41) is 12.3. The summed E-state index contributed by atoms with van der Waals surface area (Å²) in [4.78, 5) is 7.44. The van der Waals surface area contributed by atoms with Crippen LogP contribution in [0.2, 0.25) is 5.02 Å². The zero-order chi connectivity index (χ0) is 19.6. The average Bonchev–Trinajstić information content (AvgIpc) is 2.64. The highest BCUT2D eigenvalue weighted by Crippen LogP contribution is 2.31. The van der Waals surface area contributed by atoms with Crippen LogP contribution in [0.15, 0.2) is 41.7 Å². The Bertz CT molecular complexity index is 834. The molecule has 1 N–H and O–H groups in total. The number of alkyl halides is 3. The number of halogens is 5. The molecule has 1 aliphatic heterocycles. The molecule has 0 aliphatic carbocycles. The fraction of sp³-hybridized carbons (Fsp3) is 0.294. The van der Waals surface area contributed by atoms with Crippen LogP contribution in [0.5, 0.6) is 0 Å². The summed E-state index contributed by atoms with van der Waals surface area (Å²) in [5.41, 5.74) is -0.152. The maximum atomic E-state index is 13.0. The molecule has 144 valence electrons. The first kappa shape index (κ1) is 19.2. The maximum Gasteiger partial charge on any atom is 0.417 e. The molecular weight excluding hydrogens is 388 g/mol. The van der Waals surface area contributed by atoms with E-state index >= 15 is 0 Å². The van der Waals surface area contributed by atoms with Gasteiger partial charge in [0.05, 0.1) is 10.6 Å². The molecule has 3 rings (SSSR count). The molecule has 2 aromatic rings. The smallest absolute Gasteiger partial charge is 0.409 e. The van der Waals surface area contributed by atoms with Crippen molar-refractivity contribution in [2.24, 2.45) is 5.16 Å². The first-order valence-electron chi connectivity index (χ1n) is 8.00. The van der Waals surface area contributed by atoms with Gasteiger partial charge in [-0.15, -0.1) is 0 Å². The summed E-state index contributed by atoms with van der Waals surface area (Å²) < 4.78 is 51.3. The van der Waals surface area contributed by atoms with E-state index in [0.29, 0.717) is 32.4 Å². The van der Waals surface area contributed by atoms with Crippen molar-refractivity contribution in [1.82, 2.24) is 9.88 Å². The Labute approximate surface area is 157 Å². The lowest BCUT2D eigenvalue weighted by Gasteiger charge is -2.37. The van der Waals surface area contributed by atoms with Crippen LogP contribution < -0.4 is 4.90 Å².